The Hall–Kier alpha value is -4.57. The summed E-state index contributed by atoms with van der Waals surface area (Å²) in [4.78, 5) is 41.1. The SMILES string of the molecule is CC(C)(C)OC(=O)c1ccc(NC(=O)[C@H]2c3ccccc3CCN2C(=O)c2cn(-c3cccc(Cl)c3F)nn2)cc1. The van der Waals surface area contributed by atoms with Gasteiger partial charge in [0.15, 0.2) is 11.5 Å². The number of nitrogens with zero attached hydrogens (tertiary/aromatic N) is 4. The van der Waals surface area contributed by atoms with Gasteiger partial charge in [-0.05, 0) is 74.7 Å². The molecule has 0 spiro atoms. The number of aromatic nitrogens is 3. The van der Waals surface area contributed by atoms with Gasteiger partial charge in [-0.15, -0.1) is 5.10 Å². The number of hydrogen-bond donors (Lipinski definition) is 1. The number of rotatable bonds is 5. The van der Waals surface area contributed by atoms with Crippen LogP contribution in [0.4, 0.5) is 10.1 Å². The highest BCUT2D eigenvalue weighted by atomic mass is 35.5. The van der Waals surface area contributed by atoms with E-state index < -0.39 is 35.2 Å². The van der Waals surface area contributed by atoms with Crippen LogP contribution in [-0.4, -0.2) is 49.8 Å². The molecule has 2 heterocycles. The van der Waals surface area contributed by atoms with Gasteiger partial charge in [-0.25, -0.2) is 13.9 Å². The van der Waals surface area contributed by atoms with E-state index in [1.54, 1.807) is 57.2 Å². The molecule has 1 atom stereocenters. The zero-order chi connectivity index (χ0) is 29.3. The number of benzene rings is 3. The van der Waals surface area contributed by atoms with Gasteiger partial charge in [0.25, 0.3) is 11.8 Å². The van der Waals surface area contributed by atoms with Crippen molar-refractivity contribution in [1.82, 2.24) is 19.9 Å². The second kappa shape index (κ2) is 11.1. The number of carbonyl (C=O) groups excluding carboxylic acids is 3. The average molecular weight is 576 g/mol. The Morgan fingerprint density at radius 2 is 1.76 bits per heavy atom. The normalized spacial score (nSPS) is 14.8. The monoisotopic (exact) mass is 575 g/mol. The Balaban J connectivity index is 1.40. The Morgan fingerprint density at radius 1 is 1.02 bits per heavy atom. The number of hydrogen-bond acceptors (Lipinski definition) is 6. The van der Waals surface area contributed by atoms with Crippen LogP contribution in [0.2, 0.25) is 5.02 Å². The fourth-order valence-corrected chi connectivity index (χ4v) is 4.77. The topological polar surface area (TPSA) is 106 Å². The van der Waals surface area contributed by atoms with Crippen LogP contribution >= 0.6 is 11.6 Å². The minimum atomic E-state index is -0.967. The number of ether oxygens (including phenoxy) is 1. The molecular weight excluding hydrogens is 549 g/mol. The number of halogens is 2. The van der Waals surface area contributed by atoms with E-state index in [4.69, 9.17) is 16.3 Å². The maximum Gasteiger partial charge on any atom is 0.338 e. The molecule has 4 aromatic rings. The predicted octanol–water partition coefficient (Wildman–Crippen LogP) is 5.39. The van der Waals surface area contributed by atoms with Crippen molar-refractivity contribution in [3.8, 4) is 5.69 Å². The molecule has 1 N–H and O–H groups in total. The number of anilines is 1. The van der Waals surface area contributed by atoms with Crippen molar-refractivity contribution in [1.29, 1.82) is 0 Å². The standard InChI is InChI=1S/C30H27ClFN5O4/c1-30(2,3)41-29(40)19-11-13-20(14-12-19)33-27(38)26-21-8-5-4-7-18(21)15-16-36(26)28(39)23-17-37(35-34-23)24-10-6-9-22(31)25(24)32/h4-14,17,26H,15-16H2,1-3H3,(H,33,38)/t26-/m1/s1. The molecule has 0 radical (unpaired) electrons. The summed E-state index contributed by atoms with van der Waals surface area (Å²) in [5.41, 5.74) is 1.77. The van der Waals surface area contributed by atoms with Crippen LogP contribution in [0, 0.1) is 5.82 Å². The Morgan fingerprint density at radius 3 is 2.49 bits per heavy atom. The molecule has 0 saturated carbocycles. The van der Waals surface area contributed by atoms with Gasteiger partial charge in [-0.3, -0.25) is 9.59 Å². The van der Waals surface area contributed by atoms with Crippen LogP contribution in [0.15, 0.2) is 72.9 Å². The molecular formula is C30H27ClFN5O4. The number of fused-ring (bicyclic) bond motifs is 1. The lowest BCUT2D eigenvalue weighted by Crippen LogP contribution is -2.45. The molecule has 0 saturated heterocycles. The van der Waals surface area contributed by atoms with Gasteiger partial charge in [-0.1, -0.05) is 47.1 Å². The van der Waals surface area contributed by atoms with Crippen molar-refractivity contribution in [2.75, 3.05) is 11.9 Å². The van der Waals surface area contributed by atoms with E-state index in [1.807, 2.05) is 18.2 Å². The Kier molecular flexibility index (Phi) is 7.59. The molecule has 9 nitrogen and oxygen atoms in total. The summed E-state index contributed by atoms with van der Waals surface area (Å²) in [5, 5.41) is 10.6. The molecule has 2 amide bonds. The third-order valence-electron chi connectivity index (χ3n) is 6.47. The molecule has 1 aliphatic rings. The molecule has 3 aromatic carbocycles. The minimum absolute atomic E-state index is 0.0390. The third kappa shape index (κ3) is 5.97. The van der Waals surface area contributed by atoms with E-state index in [0.29, 0.717) is 23.2 Å². The molecule has 11 heteroatoms. The summed E-state index contributed by atoms with van der Waals surface area (Å²) >= 11 is 5.89. The number of carbonyl (C=O) groups is 3. The van der Waals surface area contributed by atoms with Gasteiger partial charge in [0.2, 0.25) is 0 Å². The molecule has 0 aliphatic carbocycles. The fraction of sp³-hybridized carbons (Fsp3) is 0.233. The molecule has 210 valence electrons. The minimum Gasteiger partial charge on any atom is -0.456 e. The van der Waals surface area contributed by atoms with Gasteiger partial charge >= 0.3 is 5.97 Å². The highest BCUT2D eigenvalue weighted by Gasteiger charge is 2.37. The summed E-state index contributed by atoms with van der Waals surface area (Å²) in [7, 11) is 0. The van der Waals surface area contributed by atoms with Gasteiger partial charge in [0.05, 0.1) is 16.8 Å². The van der Waals surface area contributed by atoms with Crippen LogP contribution in [0.1, 0.15) is 58.8 Å². The quantitative estimate of drug-likeness (QED) is 0.320. The fourth-order valence-electron chi connectivity index (χ4n) is 4.60. The molecule has 41 heavy (non-hydrogen) atoms. The number of nitrogens with one attached hydrogen (secondary N) is 1. The highest BCUT2D eigenvalue weighted by molar-refractivity contribution is 6.30. The third-order valence-corrected chi connectivity index (χ3v) is 6.76. The lowest BCUT2D eigenvalue weighted by Gasteiger charge is -2.36. The smallest absolute Gasteiger partial charge is 0.338 e. The average Bonchev–Trinajstić information content (AvgIpc) is 3.43. The summed E-state index contributed by atoms with van der Waals surface area (Å²) in [6, 6.07) is 17.2. The van der Waals surface area contributed by atoms with Crippen molar-refractivity contribution in [2.24, 2.45) is 0 Å². The molecule has 0 fully saturated rings. The van der Waals surface area contributed by atoms with E-state index in [9.17, 15) is 18.8 Å². The van der Waals surface area contributed by atoms with Gasteiger partial charge in [0, 0.05) is 12.2 Å². The highest BCUT2D eigenvalue weighted by Crippen LogP contribution is 2.32. The maximum atomic E-state index is 14.5. The van der Waals surface area contributed by atoms with Crippen LogP contribution in [0.25, 0.3) is 5.69 Å². The Bertz CT molecular complexity index is 1630. The van der Waals surface area contributed by atoms with E-state index in [0.717, 1.165) is 10.2 Å². The van der Waals surface area contributed by atoms with E-state index in [1.165, 1.54) is 23.2 Å². The van der Waals surface area contributed by atoms with Crippen molar-refractivity contribution in [3.63, 3.8) is 0 Å². The first-order valence-corrected chi connectivity index (χ1v) is 13.3. The van der Waals surface area contributed by atoms with Crippen LogP contribution in [0.3, 0.4) is 0 Å². The first-order chi connectivity index (χ1) is 19.5. The van der Waals surface area contributed by atoms with Crippen LogP contribution < -0.4 is 5.32 Å². The molecule has 5 rings (SSSR count). The summed E-state index contributed by atoms with van der Waals surface area (Å²) < 4.78 is 21.1. The summed E-state index contributed by atoms with van der Waals surface area (Å²) in [6.45, 7) is 5.60. The zero-order valence-electron chi connectivity index (χ0n) is 22.6. The van der Waals surface area contributed by atoms with Gasteiger partial charge in [0.1, 0.15) is 17.3 Å². The van der Waals surface area contributed by atoms with Crippen molar-refractivity contribution in [3.05, 3.63) is 106 Å². The maximum absolute atomic E-state index is 14.5. The summed E-state index contributed by atoms with van der Waals surface area (Å²) in [5.74, 6) is -2.14. The lowest BCUT2D eigenvalue weighted by molar-refractivity contribution is -0.121. The van der Waals surface area contributed by atoms with Crippen LogP contribution in [0.5, 0.6) is 0 Å². The molecule has 0 unspecified atom stereocenters. The van der Waals surface area contributed by atoms with E-state index in [2.05, 4.69) is 15.6 Å². The first-order valence-electron chi connectivity index (χ1n) is 12.9. The molecule has 0 bridgehead atoms. The van der Waals surface area contributed by atoms with Gasteiger partial charge < -0.3 is 15.0 Å². The molecule has 1 aromatic heterocycles. The van der Waals surface area contributed by atoms with Gasteiger partial charge in [-0.2, -0.15) is 0 Å². The predicted molar refractivity (Wildman–Crippen MR) is 150 cm³/mol. The van der Waals surface area contributed by atoms with E-state index in [-0.39, 0.29) is 22.9 Å². The first kappa shape index (κ1) is 28.0. The van der Waals surface area contributed by atoms with E-state index >= 15 is 0 Å². The van der Waals surface area contributed by atoms with Crippen molar-refractivity contribution in [2.45, 2.75) is 38.8 Å². The van der Waals surface area contributed by atoms with Crippen LogP contribution in [-0.2, 0) is 16.0 Å². The zero-order valence-corrected chi connectivity index (χ0v) is 23.4. The van der Waals surface area contributed by atoms with Crippen molar-refractivity contribution >= 4 is 35.1 Å². The Labute approximate surface area is 240 Å². The van der Waals surface area contributed by atoms with Crippen molar-refractivity contribution < 1.29 is 23.5 Å². The lowest BCUT2D eigenvalue weighted by atomic mass is 9.91. The number of amides is 2. The summed E-state index contributed by atoms with van der Waals surface area (Å²) in [6.07, 6.45) is 1.84. The second-order valence-electron chi connectivity index (χ2n) is 10.5. The second-order valence-corrected chi connectivity index (χ2v) is 10.9. The largest absolute Gasteiger partial charge is 0.456 e. The number of esters is 1. The molecule has 1 aliphatic heterocycles.